The molecule has 1 fully saturated rings. The molecule has 2 aromatic carbocycles. The van der Waals surface area contributed by atoms with Crippen molar-refractivity contribution in [3.05, 3.63) is 60.2 Å². The highest BCUT2D eigenvalue weighted by Gasteiger charge is 2.27. The maximum atomic E-state index is 12.7. The first-order chi connectivity index (χ1) is 12.5. The van der Waals surface area contributed by atoms with E-state index in [9.17, 15) is 14.4 Å². The molecule has 5 heteroatoms. The maximum Gasteiger partial charge on any atom is 0.251 e. The lowest BCUT2D eigenvalue weighted by Gasteiger charge is -2.18. The number of ketones is 1. The third-order valence-corrected chi connectivity index (χ3v) is 4.59. The number of allylic oxidation sites excluding steroid dienone is 1. The van der Waals surface area contributed by atoms with Crippen molar-refractivity contribution in [2.75, 3.05) is 6.54 Å². The van der Waals surface area contributed by atoms with Crippen LogP contribution in [0.25, 0.3) is 10.8 Å². The average molecular weight is 350 g/mol. The number of nitrogens with one attached hydrogen (secondary N) is 2. The highest BCUT2D eigenvalue weighted by Crippen LogP contribution is 2.19. The van der Waals surface area contributed by atoms with Gasteiger partial charge in [-0.15, -0.1) is 0 Å². The summed E-state index contributed by atoms with van der Waals surface area (Å²) in [6, 6.07) is 13.0. The van der Waals surface area contributed by atoms with Gasteiger partial charge in [0, 0.05) is 24.1 Å². The largest absolute Gasteiger partial charge is 0.356 e. The Balaban J connectivity index is 1.76. The van der Waals surface area contributed by atoms with Crippen molar-refractivity contribution in [3.8, 4) is 0 Å². The van der Waals surface area contributed by atoms with E-state index in [4.69, 9.17) is 0 Å². The molecular weight excluding hydrogens is 328 g/mol. The summed E-state index contributed by atoms with van der Waals surface area (Å²) >= 11 is 0. The zero-order valence-corrected chi connectivity index (χ0v) is 14.7. The number of hydrogen-bond donors (Lipinski definition) is 2. The van der Waals surface area contributed by atoms with E-state index in [1.165, 1.54) is 13.0 Å². The van der Waals surface area contributed by atoms with Crippen LogP contribution in [0.2, 0.25) is 0 Å². The quantitative estimate of drug-likeness (QED) is 0.787. The minimum atomic E-state index is -0.369. The Morgan fingerprint density at radius 2 is 2.00 bits per heavy atom. The monoisotopic (exact) mass is 350 g/mol. The number of benzene rings is 2. The van der Waals surface area contributed by atoms with Crippen LogP contribution in [0.5, 0.6) is 0 Å². The average Bonchev–Trinajstić information content (AvgIpc) is 3.03. The molecule has 2 amide bonds. The van der Waals surface area contributed by atoms with E-state index < -0.39 is 0 Å². The van der Waals surface area contributed by atoms with Gasteiger partial charge in [-0.05, 0) is 48.7 Å². The molecule has 0 spiro atoms. The van der Waals surface area contributed by atoms with Gasteiger partial charge in [0.2, 0.25) is 5.91 Å². The molecule has 1 aliphatic heterocycles. The van der Waals surface area contributed by atoms with Crippen molar-refractivity contribution in [1.29, 1.82) is 0 Å². The molecule has 0 aliphatic carbocycles. The van der Waals surface area contributed by atoms with Crippen LogP contribution in [-0.2, 0) is 9.59 Å². The summed E-state index contributed by atoms with van der Waals surface area (Å²) in [5, 5.41) is 7.81. The van der Waals surface area contributed by atoms with Crippen molar-refractivity contribution in [3.63, 3.8) is 0 Å². The van der Waals surface area contributed by atoms with Crippen LogP contribution in [-0.4, -0.2) is 30.2 Å². The van der Waals surface area contributed by atoms with Crippen molar-refractivity contribution < 1.29 is 14.4 Å². The van der Waals surface area contributed by atoms with Gasteiger partial charge in [-0.1, -0.05) is 36.4 Å². The first kappa shape index (κ1) is 17.9. The Labute approximate surface area is 152 Å². The fraction of sp³-hybridized carbons (Fsp3) is 0.286. The molecule has 0 aromatic heterocycles. The van der Waals surface area contributed by atoms with Gasteiger partial charge >= 0.3 is 0 Å². The summed E-state index contributed by atoms with van der Waals surface area (Å²) in [6.07, 6.45) is 4.34. The summed E-state index contributed by atoms with van der Waals surface area (Å²) in [5.74, 6) is -0.446. The minimum Gasteiger partial charge on any atom is -0.356 e. The Bertz CT molecular complexity index is 872. The van der Waals surface area contributed by atoms with Gasteiger partial charge in [-0.3, -0.25) is 14.4 Å². The van der Waals surface area contributed by atoms with E-state index in [1.807, 2.05) is 36.4 Å². The third-order valence-electron chi connectivity index (χ3n) is 4.59. The number of amides is 2. The summed E-state index contributed by atoms with van der Waals surface area (Å²) in [7, 11) is 0. The van der Waals surface area contributed by atoms with Gasteiger partial charge in [0.15, 0.2) is 5.78 Å². The predicted octanol–water partition coefficient (Wildman–Crippen LogP) is 2.61. The molecule has 1 heterocycles. The van der Waals surface area contributed by atoms with Gasteiger partial charge < -0.3 is 10.6 Å². The molecule has 5 nitrogen and oxygen atoms in total. The lowest BCUT2D eigenvalue weighted by molar-refractivity contribution is -0.122. The smallest absolute Gasteiger partial charge is 0.251 e. The number of rotatable bonds is 6. The third kappa shape index (κ3) is 4.36. The van der Waals surface area contributed by atoms with Crippen molar-refractivity contribution in [2.24, 2.45) is 5.92 Å². The lowest BCUT2D eigenvalue weighted by Crippen LogP contribution is -2.36. The van der Waals surface area contributed by atoms with E-state index in [1.54, 1.807) is 12.1 Å². The fourth-order valence-electron chi connectivity index (χ4n) is 3.20. The van der Waals surface area contributed by atoms with Crippen LogP contribution in [0.15, 0.2) is 54.6 Å². The molecule has 26 heavy (non-hydrogen) atoms. The molecule has 3 rings (SSSR count). The Hall–Kier alpha value is -2.95. The van der Waals surface area contributed by atoms with E-state index in [0.717, 1.165) is 17.2 Å². The summed E-state index contributed by atoms with van der Waals surface area (Å²) < 4.78 is 0. The Kier molecular flexibility index (Phi) is 5.46. The van der Waals surface area contributed by atoms with Crippen molar-refractivity contribution in [2.45, 2.75) is 25.8 Å². The zero-order valence-electron chi connectivity index (χ0n) is 14.7. The second-order valence-electron chi connectivity index (χ2n) is 6.62. The molecule has 134 valence electrons. The van der Waals surface area contributed by atoms with Crippen LogP contribution in [0.4, 0.5) is 0 Å². The topological polar surface area (TPSA) is 75.3 Å². The summed E-state index contributed by atoms with van der Waals surface area (Å²) in [4.78, 5) is 35.8. The number of carbonyl (C=O) groups is 3. The predicted molar refractivity (Wildman–Crippen MR) is 101 cm³/mol. The second kappa shape index (κ2) is 7.95. The minimum absolute atomic E-state index is 0.00572. The molecule has 2 aromatic rings. The van der Waals surface area contributed by atoms with E-state index >= 15 is 0 Å². The van der Waals surface area contributed by atoms with Gasteiger partial charge in [0.05, 0.1) is 0 Å². The fourth-order valence-corrected chi connectivity index (χ4v) is 3.20. The molecule has 1 aliphatic rings. The van der Waals surface area contributed by atoms with Gasteiger partial charge in [-0.2, -0.15) is 0 Å². The normalized spacial score (nSPS) is 18.0. The Morgan fingerprint density at radius 3 is 2.69 bits per heavy atom. The molecule has 2 N–H and O–H groups in total. The number of hydrogen-bond acceptors (Lipinski definition) is 3. The molecule has 0 saturated carbocycles. The standard InChI is InChI=1S/C21H22N2O3/c1-14(24)6-9-19(13-18-10-11-22-20(18)25)23-21(26)17-8-7-15-4-2-3-5-16(15)12-17/h2-9,12,18-19H,10-11,13H2,1H3,(H,22,25)(H,23,26)/b9-6+/t18-,19+/m0/s1. The van der Waals surface area contributed by atoms with E-state index in [0.29, 0.717) is 18.5 Å². The molecule has 0 radical (unpaired) electrons. The number of carbonyl (C=O) groups excluding carboxylic acids is 3. The number of fused-ring (bicyclic) bond motifs is 1. The van der Waals surface area contributed by atoms with Gasteiger partial charge in [0.25, 0.3) is 5.91 Å². The molecule has 0 unspecified atom stereocenters. The van der Waals surface area contributed by atoms with E-state index in [-0.39, 0.29) is 29.6 Å². The maximum absolute atomic E-state index is 12.7. The summed E-state index contributed by atoms with van der Waals surface area (Å²) in [6.45, 7) is 2.12. The van der Waals surface area contributed by atoms with Gasteiger partial charge in [0.1, 0.15) is 0 Å². The Morgan fingerprint density at radius 1 is 1.23 bits per heavy atom. The zero-order chi connectivity index (χ0) is 18.5. The van der Waals surface area contributed by atoms with Crippen molar-refractivity contribution in [1.82, 2.24) is 10.6 Å². The van der Waals surface area contributed by atoms with Gasteiger partial charge in [-0.25, -0.2) is 0 Å². The molecular formula is C21H22N2O3. The van der Waals surface area contributed by atoms with E-state index in [2.05, 4.69) is 10.6 Å². The molecule has 0 bridgehead atoms. The second-order valence-corrected chi connectivity index (χ2v) is 6.62. The molecule has 1 saturated heterocycles. The van der Waals surface area contributed by atoms with Crippen LogP contribution >= 0.6 is 0 Å². The van der Waals surface area contributed by atoms with Crippen LogP contribution in [0.1, 0.15) is 30.1 Å². The first-order valence-electron chi connectivity index (χ1n) is 8.79. The lowest BCUT2D eigenvalue weighted by atomic mass is 9.97. The highest BCUT2D eigenvalue weighted by atomic mass is 16.2. The molecule has 2 atom stereocenters. The van der Waals surface area contributed by atoms with Crippen molar-refractivity contribution >= 4 is 28.4 Å². The highest BCUT2D eigenvalue weighted by molar-refractivity contribution is 5.99. The first-order valence-corrected chi connectivity index (χ1v) is 8.79. The van der Waals surface area contributed by atoms with Crippen LogP contribution in [0.3, 0.4) is 0 Å². The van der Waals surface area contributed by atoms with Crippen LogP contribution in [0, 0.1) is 5.92 Å². The SMILES string of the molecule is CC(=O)/C=C/[C@H](C[C@@H]1CCNC1=O)NC(=O)c1ccc2ccccc2c1. The summed E-state index contributed by atoms with van der Waals surface area (Å²) in [5.41, 5.74) is 0.556. The van der Waals surface area contributed by atoms with Crippen LogP contribution < -0.4 is 10.6 Å².